The Hall–Kier alpha value is -2.08. The summed E-state index contributed by atoms with van der Waals surface area (Å²) < 4.78 is 13.3. The predicted molar refractivity (Wildman–Crippen MR) is 152 cm³/mol. The fourth-order valence-electron chi connectivity index (χ4n) is 5.02. The second-order valence-electron chi connectivity index (χ2n) is 9.60. The second kappa shape index (κ2) is 11.3. The molecule has 1 aliphatic carbocycles. The molecule has 2 aliphatic rings. The first-order valence-electron chi connectivity index (χ1n) is 12.5. The fourth-order valence-corrected chi connectivity index (χ4v) is 10.3. The molecule has 0 radical (unpaired) electrons. The van der Waals surface area contributed by atoms with Gasteiger partial charge in [0.05, 0.1) is 12.2 Å². The first-order valence-corrected chi connectivity index (χ1v) is 15.6. The third kappa shape index (κ3) is 6.19. The average Bonchev–Trinajstić information content (AvgIpc) is 3.20. The minimum Gasteiger partial charge on any atom is -0.344 e. The number of benzene rings is 3. The Kier molecular flexibility index (Phi) is 7.96. The van der Waals surface area contributed by atoms with Crippen LogP contribution in [-0.4, -0.2) is 36.0 Å². The summed E-state index contributed by atoms with van der Waals surface area (Å²) in [6.07, 6.45) is 12.3. The van der Waals surface area contributed by atoms with E-state index in [-0.39, 0.29) is 12.2 Å². The Morgan fingerprint density at radius 3 is 1.71 bits per heavy atom. The van der Waals surface area contributed by atoms with Crippen LogP contribution < -0.4 is 15.9 Å². The molecule has 0 saturated carbocycles. The molecular weight excluding hydrogens is 466 g/mol. The summed E-state index contributed by atoms with van der Waals surface area (Å²) in [5.41, 5.74) is 0.537. The molecule has 0 amide bonds. The van der Waals surface area contributed by atoms with E-state index in [0.29, 0.717) is 5.66 Å². The minimum absolute atomic E-state index is 0.0633. The molecule has 3 aromatic rings. The van der Waals surface area contributed by atoms with Crippen LogP contribution in [0.5, 0.6) is 0 Å². The van der Waals surface area contributed by atoms with Gasteiger partial charge in [0.25, 0.3) is 0 Å². The van der Waals surface area contributed by atoms with Crippen molar-refractivity contribution in [2.45, 2.75) is 43.9 Å². The highest BCUT2D eigenvalue weighted by Gasteiger charge is 2.44. The number of allylic oxidation sites excluding steroid dienone is 4. The normalized spacial score (nSPS) is 24.0. The van der Waals surface area contributed by atoms with E-state index in [1.807, 2.05) is 0 Å². The summed E-state index contributed by atoms with van der Waals surface area (Å²) in [4.78, 5) is 0. The van der Waals surface area contributed by atoms with Gasteiger partial charge in [-0.3, -0.25) is 0 Å². The first kappa shape index (κ1) is 24.6. The lowest BCUT2D eigenvalue weighted by molar-refractivity contribution is -0.142. The molecule has 180 valence electrons. The summed E-state index contributed by atoms with van der Waals surface area (Å²) in [7, 11) is -0.969. The highest BCUT2D eigenvalue weighted by molar-refractivity contribution is 7.73. The van der Waals surface area contributed by atoms with Gasteiger partial charge in [-0.2, -0.15) is 0 Å². The zero-order valence-electron chi connectivity index (χ0n) is 20.5. The minimum atomic E-state index is -0.566. The van der Waals surface area contributed by atoms with Gasteiger partial charge in [0, 0.05) is 18.0 Å². The van der Waals surface area contributed by atoms with Crippen LogP contribution in [-0.2, 0) is 9.47 Å². The van der Waals surface area contributed by atoms with E-state index in [4.69, 9.17) is 9.47 Å². The van der Waals surface area contributed by atoms with Crippen LogP contribution in [0, 0.1) is 0 Å². The van der Waals surface area contributed by atoms with E-state index in [1.54, 1.807) is 0 Å². The van der Waals surface area contributed by atoms with Gasteiger partial charge in [-0.25, -0.2) is 0 Å². The molecule has 35 heavy (non-hydrogen) atoms. The molecule has 5 rings (SSSR count). The molecule has 4 atom stereocenters. The van der Waals surface area contributed by atoms with Crippen molar-refractivity contribution in [3.63, 3.8) is 0 Å². The number of hydrogen-bond donors (Lipinski definition) is 0. The van der Waals surface area contributed by atoms with Gasteiger partial charge < -0.3 is 9.47 Å². The Morgan fingerprint density at radius 1 is 0.686 bits per heavy atom. The Balaban J connectivity index is 1.43. The molecular formula is C31H34O2P2. The Labute approximate surface area is 212 Å². The van der Waals surface area contributed by atoms with Crippen LogP contribution in [0.1, 0.15) is 20.3 Å². The Morgan fingerprint density at radius 2 is 1.20 bits per heavy atom. The molecule has 4 heteroatoms. The van der Waals surface area contributed by atoms with Gasteiger partial charge in [-0.15, -0.1) is 0 Å². The van der Waals surface area contributed by atoms with Crippen LogP contribution in [0.3, 0.4) is 0 Å². The van der Waals surface area contributed by atoms with Gasteiger partial charge in [0.1, 0.15) is 0 Å². The summed E-state index contributed by atoms with van der Waals surface area (Å²) in [5, 5.41) is 4.24. The summed E-state index contributed by atoms with van der Waals surface area (Å²) >= 11 is 0. The van der Waals surface area contributed by atoms with Crippen molar-refractivity contribution >= 4 is 31.8 Å². The van der Waals surface area contributed by atoms with Gasteiger partial charge in [-0.05, 0) is 44.1 Å². The van der Waals surface area contributed by atoms with E-state index in [2.05, 4.69) is 129 Å². The maximum Gasteiger partial charge on any atom is 0.163 e. The molecule has 1 aliphatic heterocycles. The highest BCUT2D eigenvalue weighted by atomic mass is 31.1. The fraction of sp³-hybridized carbons (Fsp3) is 0.290. The molecule has 0 bridgehead atoms. The summed E-state index contributed by atoms with van der Waals surface area (Å²) in [5.74, 6) is -0.566. The van der Waals surface area contributed by atoms with Crippen LogP contribution in [0.25, 0.3) is 0 Å². The lowest BCUT2D eigenvalue weighted by Crippen LogP contribution is -2.33. The second-order valence-corrected chi connectivity index (χ2v) is 14.3. The van der Waals surface area contributed by atoms with E-state index >= 15 is 0 Å². The lowest BCUT2D eigenvalue weighted by atomic mass is 10.2. The first-order chi connectivity index (χ1) is 17.1. The standard InChI is InChI=1S/C31H34O2P2/c1-31(2)32-29(23-34(25-15-7-3-8-16-25)26-17-9-4-10-18-26)30(33-31)24-35(27-19-11-5-12-20-27)28-21-13-6-14-22-28/h3-21,28-30H,22-24H2,1-2H3. The van der Waals surface area contributed by atoms with Crippen molar-refractivity contribution in [1.29, 1.82) is 0 Å². The molecule has 0 spiro atoms. The maximum atomic E-state index is 6.64. The van der Waals surface area contributed by atoms with Crippen LogP contribution in [0.4, 0.5) is 0 Å². The van der Waals surface area contributed by atoms with Crippen molar-refractivity contribution in [3.8, 4) is 0 Å². The average molecular weight is 501 g/mol. The number of ether oxygens (including phenoxy) is 2. The van der Waals surface area contributed by atoms with Crippen molar-refractivity contribution in [3.05, 3.63) is 115 Å². The molecule has 3 aromatic carbocycles. The Bertz CT molecular complexity index is 1090. The van der Waals surface area contributed by atoms with E-state index in [0.717, 1.165) is 18.7 Å². The van der Waals surface area contributed by atoms with Gasteiger partial charge in [0.15, 0.2) is 5.79 Å². The van der Waals surface area contributed by atoms with Crippen LogP contribution >= 0.6 is 15.8 Å². The van der Waals surface area contributed by atoms with E-state index in [9.17, 15) is 0 Å². The molecule has 1 fully saturated rings. The largest absolute Gasteiger partial charge is 0.344 e. The number of rotatable bonds is 8. The molecule has 0 aromatic heterocycles. The maximum absolute atomic E-state index is 6.64. The predicted octanol–water partition coefficient (Wildman–Crippen LogP) is 6.33. The van der Waals surface area contributed by atoms with Gasteiger partial charge >= 0.3 is 0 Å². The molecule has 0 N–H and O–H groups in total. The zero-order chi connectivity index (χ0) is 24.1. The van der Waals surface area contributed by atoms with Gasteiger partial charge in [-0.1, -0.05) is 123 Å². The molecule has 4 unspecified atom stereocenters. The summed E-state index contributed by atoms with van der Waals surface area (Å²) in [6.45, 7) is 4.14. The smallest absolute Gasteiger partial charge is 0.163 e. The SMILES string of the molecule is CC1(C)OC(CP(c2ccccc2)c2ccccc2)C(CP(c2ccccc2)C2C=CC=CC2)O1. The zero-order valence-corrected chi connectivity index (χ0v) is 22.3. The van der Waals surface area contributed by atoms with Crippen molar-refractivity contribution in [2.75, 3.05) is 12.3 Å². The monoisotopic (exact) mass is 500 g/mol. The topological polar surface area (TPSA) is 18.5 Å². The van der Waals surface area contributed by atoms with Crippen molar-refractivity contribution < 1.29 is 9.47 Å². The quantitative estimate of drug-likeness (QED) is 0.337. The third-order valence-electron chi connectivity index (χ3n) is 6.61. The van der Waals surface area contributed by atoms with Crippen molar-refractivity contribution in [1.82, 2.24) is 0 Å². The van der Waals surface area contributed by atoms with Gasteiger partial charge in [0.2, 0.25) is 0 Å². The van der Waals surface area contributed by atoms with E-state index < -0.39 is 21.6 Å². The number of hydrogen-bond acceptors (Lipinski definition) is 2. The van der Waals surface area contributed by atoms with Crippen molar-refractivity contribution in [2.24, 2.45) is 0 Å². The van der Waals surface area contributed by atoms with Crippen LogP contribution in [0.2, 0.25) is 0 Å². The molecule has 1 heterocycles. The molecule has 2 nitrogen and oxygen atoms in total. The molecule has 1 saturated heterocycles. The third-order valence-corrected chi connectivity index (χ3v) is 12.1. The highest BCUT2D eigenvalue weighted by Crippen LogP contribution is 2.48. The van der Waals surface area contributed by atoms with E-state index in [1.165, 1.54) is 15.9 Å². The summed E-state index contributed by atoms with van der Waals surface area (Å²) in [6, 6.07) is 32.9. The van der Waals surface area contributed by atoms with Crippen LogP contribution in [0.15, 0.2) is 115 Å². The lowest BCUT2D eigenvalue weighted by Gasteiger charge is -2.31.